The van der Waals surface area contributed by atoms with E-state index < -0.39 is 0 Å². The predicted molar refractivity (Wildman–Crippen MR) is 95.7 cm³/mol. The molecular weight excluding hydrogens is 318 g/mol. The summed E-state index contributed by atoms with van der Waals surface area (Å²) >= 11 is 0. The van der Waals surface area contributed by atoms with Gasteiger partial charge in [-0.15, -0.1) is 0 Å². The van der Waals surface area contributed by atoms with Crippen LogP contribution < -0.4 is 5.32 Å². The molecule has 3 rings (SSSR count). The highest BCUT2D eigenvalue weighted by atomic mass is 16.1. The lowest BCUT2D eigenvalue weighted by Gasteiger charge is -2.20. The van der Waals surface area contributed by atoms with Crippen LogP contribution >= 0.6 is 0 Å². The zero-order chi connectivity index (χ0) is 18.4. The van der Waals surface area contributed by atoms with E-state index in [0.29, 0.717) is 11.5 Å². The quantitative estimate of drug-likeness (QED) is 0.762. The van der Waals surface area contributed by atoms with Crippen molar-refractivity contribution >= 4 is 22.9 Å². The van der Waals surface area contributed by atoms with Gasteiger partial charge < -0.3 is 0 Å². The number of carbonyl (C=O) groups excluding carboxylic acids is 1. The summed E-state index contributed by atoms with van der Waals surface area (Å²) in [5.41, 5.74) is 2.64. The minimum atomic E-state index is -0.261. The minimum absolute atomic E-state index is 0.185. The van der Waals surface area contributed by atoms with Crippen molar-refractivity contribution in [3.8, 4) is 0 Å². The van der Waals surface area contributed by atoms with E-state index >= 15 is 0 Å². The lowest BCUT2D eigenvalue weighted by atomic mass is 10.0. The van der Waals surface area contributed by atoms with Crippen LogP contribution in [-0.2, 0) is 5.54 Å². The van der Waals surface area contributed by atoms with Gasteiger partial charge in [0.2, 0.25) is 5.95 Å². The molecule has 0 spiro atoms. The average molecular weight is 341 g/mol. The summed E-state index contributed by atoms with van der Waals surface area (Å²) in [4.78, 5) is 21.6. The SMILES string of the molecule is Cc1nn(C(C)(C)C)c2nc(C(C)C)cc(C(=O)Nc3ncn[nH]3)c12. The van der Waals surface area contributed by atoms with Crippen molar-refractivity contribution in [2.45, 2.75) is 53.0 Å². The molecule has 0 unspecified atom stereocenters. The Hall–Kier alpha value is -2.77. The van der Waals surface area contributed by atoms with Gasteiger partial charge >= 0.3 is 0 Å². The van der Waals surface area contributed by atoms with Crippen LogP contribution in [0.2, 0.25) is 0 Å². The highest BCUT2D eigenvalue weighted by Crippen LogP contribution is 2.29. The van der Waals surface area contributed by atoms with E-state index in [1.54, 1.807) is 0 Å². The molecule has 0 saturated carbocycles. The van der Waals surface area contributed by atoms with Gasteiger partial charge in [0, 0.05) is 5.69 Å². The van der Waals surface area contributed by atoms with E-state index in [9.17, 15) is 4.79 Å². The van der Waals surface area contributed by atoms with Gasteiger partial charge in [0.25, 0.3) is 5.91 Å². The summed E-state index contributed by atoms with van der Waals surface area (Å²) in [5.74, 6) is 0.231. The number of aryl methyl sites for hydroxylation is 1. The van der Waals surface area contributed by atoms with Gasteiger partial charge in [-0.2, -0.15) is 15.2 Å². The number of hydrogen-bond donors (Lipinski definition) is 2. The normalized spacial score (nSPS) is 12.1. The molecule has 25 heavy (non-hydrogen) atoms. The number of pyridine rings is 1. The van der Waals surface area contributed by atoms with Gasteiger partial charge in [-0.3, -0.25) is 10.1 Å². The van der Waals surface area contributed by atoms with Gasteiger partial charge in [-0.05, 0) is 39.7 Å². The van der Waals surface area contributed by atoms with Gasteiger partial charge in [-0.1, -0.05) is 13.8 Å². The third-order valence-electron chi connectivity index (χ3n) is 3.95. The third kappa shape index (κ3) is 3.11. The molecule has 0 aliphatic carbocycles. The third-order valence-corrected chi connectivity index (χ3v) is 3.95. The molecule has 0 aromatic carbocycles. The number of hydrogen-bond acceptors (Lipinski definition) is 5. The fraction of sp³-hybridized carbons (Fsp3) is 0.471. The molecule has 3 heterocycles. The van der Waals surface area contributed by atoms with Crippen molar-refractivity contribution in [1.29, 1.82) is 0 Å². The number of H-pyrrole nitrogens is 1. The van der Waals surface area contributed by atoms with E-state index in [1.165, 1.54) is 6.33 Å². The Kier molecular flexibility index (Phi) is 4.06. The zero-order valence-corrected chi connectivity index (χ0v) is 15.4. The Labute approximate surface area is 146 Å². The Balaban J connectivity index is 2.22. The Morgan fingerprint density at radius 1 is 1.32 bits per heavy atom. The zero-order valence-electron chi connectivity index (χ0n) is 15.4. The van der Waals surface area contributed by atoms with Crippen molar-refractivity contribution in [3.05, 3.63) is 29.3 Å². The van der Waals surface area contributed by atoms with Crippen LogP contribution in [0.1, 0.15) is 62.3 Å². The standard InChI is InChI=1S/C17H23N7O/c1-9(2)12-7-11(15(25)21-16-18-8-19-22-16)13-10(3)23-24(14(13)20-12)17(4,5)6/h7-9H,1-6H3,(H2,18,19,21,22,25). The topological polar surface area (TPSA) is 101 Å². The van der Waals surface area contributed by atoms with E-state index in [1.807, 2.05) is 17.7 Å². The van der Waals surface area contributed by atoms with Crippen molar-refractivity contribution in [3.63, 3.8) is 0 Å². The molecule has 132 valence electrons. The molecule has 0 fully saturated rings. The van der Waals surface area contributed by atoms with Crippen molar-refractivity contribution in [2.24, 2.45) is 0 Å². The number of aromatic amines is 1. The number of anilines is 1. The first kappa shape index (κ1) is 17.1. The summed E-state index contributed by atoms with van der Waals surface area (Å²) in [6.45, 7) is 12.2. The highest BCUT2D eigenvalue weighted by molar-refractivity contribution is 6.12. The molecule has 8 nitrogen and oxygen atoms in total. The maximum Gasteiger partial charge on any atom is 0.258 e. The Morgan fingerprint density at radius 3 is 2.60 bits per heavy atom. The van der Waals surface area contributed by atoms with Gasteiger partial charge in [-0.25, -0.2) is 14.8 Å². The number of nitrogens with one attached hydrogen (secondary N) is 2. The van der Waals surface area contributed by atoms with Crippen LogP contribution in [0.5, 0.6) is 0 Å². The van der Waals surface area contributed by atoms with Crippen molar-refractivity contribution < 1.29 is 4.79 Å². The summed E-state index contributed by atoms with van der Waals surface area (Å²) < 4.78 is 1.88. The lowest BCUT2D eigenvalue weighted by molar-refractivity contribution is 0.102. The maximum atomic E-state index is 12.8. The Morgan fingerprint density at radius 2 is 2.04 bits per heavy atom. The molecule has 3 aromatic heterocycles. The second kappa shape index (κ2) is 5.94. The molecule has 3 aromatic rings. The molecule has 0 saturated heterocycles. The van der Waals surface area contributed by atoms with Crippen molar-refractivity contribution in [2.75, 3.05) is 5.32 Å². The molecular formula is C17H23N7O. The summed E-state index contributed by atoms with van der Waals surface area (Å²) in [6, 6.07) is 1.83. The average Bonchev–Trinajstić information content (AvgIpc) is 3.14. The fourth-order valence-electron chi connectivity index (χ4n) is 2.69. The first-order chi connectivity index (χ1) is 11.7. The number of rotatable bonds is 3. The number of nitrogens with zero attached hydrogens (tertiary/aromatic N) is 5. The van der Waals surface area contributed by atoms with Gasteiger partial charge in [0.05, 0.1) is 22.2 Å². The maximum absolute atomic E-state index is 12.8. The Bertz CT molecular complexity index is 917. The first-order valence-corrected chi connectivity index (χ1v) is 8.26. The first-order valence-electron chi connectivity index (χ1n) is 8.26. The van der Waals surface area contributed by atoms with Crippen LogP contribution in [0.3, 0.4) is 0 Å². The van der Waals surface area contributed by atoms with Crippen LogP contribution in [0.4, 0.5) is 5.95 Å². The molecule has 0 aliphatic rings. The smallest absolute Gasteiger partial charge is 0.258 e. The van der Waals surface area contributed by atoms with Crippen molar-refractivity contribution in [1.82, 2.24) is 29.9 Å². The largest absolute Gasteiger partial charge is 0.291 e. The monoisotopic (exact) mass is 341 g/mol. The number of aromatic nitrogens is 6. The van der Waals surface area contributed by atoms with E-state index in [2.05, 4.69) is 60.2 Å². The number of fused-ring (bicyclic) bond motifs is 1. The van der Waals surface area contributed by atoms with Gasteiger partial charge in [0.1, 0.15) is 6.33 Å². The van der Waals surface area contributed by atoms with Crippen LogP contribution in [-0.4, -0.2) is 35.9 Å². The van der Waals surface area contributed by atoms with E-state index in [0.717, 1.165) is 22.4 Å². The van der Waals surface area contributed by atoms with Crippen LogP contribution in [0, 0.1) is 6.92 Å². The fourth-order valence-corrected chi connectivity index (χ4v) is 2.69. The van der Waals surface area contributed by atoms with E-state index in [4.69, 9.17) is 4.98 Å². The summed E-state index contributed by atoms with van der Waals surface area (Å²) in [6.07, 6.45) is 1.35. The second-order valence-corrected chi connectivity index (χ2v) is 7.40. The molecule has 0 radical (unpaired) electrons. The summed E-state index contributed by atoms with van der Waals surface area (Å²) in [5, 5.41) is 14.5. The highest BCUT2D eigenvalue weighted by Gasteiger charge is 2.25. The lowest BCUT2D eigenvalue weighted by Crippen LogP contribution is -2.24. The van der Waals surface area contributed by atoms with Crippen LogP contribution in [0.15, 0.2) is 12.4 Å². The molecule has 0 atom stereocenters. The summed E-state index contributed by atoms with van der Waals surface area (Å²) in [7, 11) is 0. The second-order valence-electron chi connectivity index (χ2n) is 7.40. The molecule has 0 bridgehead atoms. The molecule has 2 N–H and O–H groups in total. The molecule has 8 heteroatoms. The molecule has 0 aliphatic heterocycles. The van der Waals surface area contributed by atoms with Gasteiger partial charge in [0.15, 0.2) is 5.65 Å². The molecule has 1 amide bonds. The van der Waals surface area contributed by atoms with Crippen LogP contribution in [0.25, 0.3) is 11.0 Å². The number of carbonyl (C=O) groups is 1. The van der Waals surface area contributed by atoms with E-state index in [-0.39, 0.29) is 17.4 Å². The minimum Gasteiger partial charge on any atom is -0.291 e. The number of amides is 1. The predicted octanol–water partition coefficient (Wildman–Crippen LogP) is 2.99.